The fraction of sp³-hybridized carbons (Fsp3) is 0.367. The molecule has 2 aromatic heterocycles. The van der Waals surface area contributed by atoms with Gasteiger partial charge in [-0.25, -0.2) is 0 Å². The molecule has 4 aliphatic rings. The fourth-order valence-corrected chi connectivity index (χ4v) is 11.7. The molecule has 0 amide bonds. The molecular formula is C60H63N3O9-2. The van der Waals surface area contributed by atoms with Crippen molar-refractivity contribution in [2.24, 2.45) is 11.8 Å². The molecule has 1 saturated carbocycles. The highest BCUT2D eigenvalue weighted by atomic mass is 16.5. The molecule has 6 aromatic rings. The smallest absolute Gasteiger partial charge is 0.163 e. The summed E-state index contributed by atoms with van der Waals surface area (Å²) in [6.45, 7) is -0.359. The number of Topliss-reactive ketones (excluding diaryl/α,β-unsaturated/α-hetero) is 2. The molecule has 4 aromatic carbocycles. The van der Waals surface area contributed by atoms with E-state index < -0.39 is 42.2 Å². The van der Waals surface area contributed by atoms with Crippen LogP contribution in [0.4, 0.5) is 5.82 Å². The fourth-order valence-electron chi connectivity index (χ4n) is 11.7. The summed E-state index contributed by atoms with van der Waals surface area (Å²) in [5, 5.41) is 74.6. The number of aromatic hydroxyl groups is 2. The van der Waals surface area contributed by atoms with Crippen molar-refractivity contribution in [3.63, 3.8) is 0 Å². The molecule has 0 radical (unpaired) electrons. The van der Waals surface area contributed by atoms with Crippen LogP contribution in [0.2, 0.25) is 0 Å². The average Bonchev–Trinajstić information content (AvgIpc) is 4.16. The second-order valence-electron chi connectivity index (χ2n) is 20.4. The molecule has 0 unspecified atom stereocenters. The predicted octanol–water partition coefficient (Wildman–Crippen LogP) is 9.19. The minimum atomic E-state index is -1.42. The van der Waals surface area contributed by atoms with Crippen LogP contribution in [-0.2, 0) is 41.7 Å². The molecule has 72 heavy (non-hydrogen) atoms. The van der Waals surface area contributed by atoms with E-state index in [4.69, 9.17) is 15.0 Å². The van der Waals surface area contributed by atoms with Gasteiger partial charge in [0, 0.05) is 30.1 Å². The lowest BCUT2D eigenvalue weighted by atomic mass is 9.67. The van der Waals surface area contributed by atoms with Crippen molar-refractivity contribution in [3.05, 3.63) is 182 Å². The zero-order valence-electron chi connectivity index (χ0n) is 40.4. The zero-order chi connectivity index (χ0) is 49.9. The van der Waals surface area contributed by atoms with Crippen molar-refractivity contribution in [1.29, 1.82) is 0 Å². The number of carbonyl (C=O) groups excluding carboxylic acids is 2. The number of ether oxygens (including phenoxy) is 1. The third-order valence-corrected chi connectivity index (χ3v) is 15.5. The highest BCUT2D eigenvalue weighted by Gasteiger charge is 2.43. The van der Waals surface area contributed by atoms with Crippen molar-refractivity contribution in [3.8, 4) is 17.2 Å². The van der Waals surface area contributed by atoms with Crippen LogP contribution in [0.15, 0.2) is 115 Å². The SMILES string of the molecule is O=C1CCc2cc(OC3CCCC3)c(O)c(c2)[C@@H](O)c2ccc(C[C@H](O)Cc3ccccc3)c(c2)Cc2cc[nH]c2[N-]CC2=Cc3[n-]ccc3[C@@H](C[C@]3(O)C=Cc4c(O)cccc4CC3)[C@@H]2C(=O)[C@@H]1CCO. The van der Waals surface area contributed by atoms with Crippen LogP contribution in [0.3, 0.4) is 0 Å². The second kappa shape index (κ2) is 21.2. The van der Waals surface area contributed by atoms with Gasteiger partial charge in [0.05, 0.1) is 23.7 Å². The molecule has 4 bridgehead atoms. The van der Waals surface area contributed by atoms with E-state index in [-0.39, 0.29) is 72.7 Å². The van der Waals surface area contributed by atoms with Gasteiger partial charge >= 0.3 is 0 Å². The molecule has 0 spiro atoms. The molecule has 1 fully saturated rings. The zero-order valence-corrected chi connectivity index (χ0v) is 40.4. The van der Waals surface area contributed by atoms with Crippen molar-refractivity contribution >= 4 is 29.5 Å². The maximum absolute atomic E-state index is 15.6. The first-order chi connectivity index (χ1) is 34.9. The van der Waals surface area contributed by atoms with E-state index in [0.717, 1.165) is 59.1 Å². The Morgan fingerprint density at radius 1 is 0.861 bits per heavy atom. The largest absolute Gasteiger partial charge is 0.664 e. The van der Waals surface area contributed by atoms with Crippen LogP contribution in [0, 0.1) is 11.8 Å². The van der Waals surface area contributed by atoms with Gasteiger partial charge in [-0.3, -0.25) is 9.59 Å². The van der Waals surface area contributed by atoms with Crippen LogP contribution < -0.4 is 9.72 Å². The number of ketones is 2. The summed E-state index contributed by atoms with van der Waals surface area (Å²) in [5.74, 6) is -2.79. The molecule has 10 rings (SSSR count). The highest BCUT2D eigenvalue weighted by molar-refractivity contribution is 6.05. The lowest BCUT2D eigenvalue weighted by Crippen LogP contribution is -2.40. The number of aryl methyl sites for hydroxylation is 2. The Bertz CT molecular complexity index is 2980. The summed E-state index contributed by atoms with van der Waals surface area (Å²) in [4.78, 5) is 38.3. The van der Waals surface area contributed by atoms with Gasteiger partial charge in [-0.05, 0) is 147 Å². The number of aliphatic hydroxyl groups excluding tert-OH is 3. The van der Waals surface area contributed by atoms with E-state index in [0.29, 0.717) is 65.9 Å². The molecule has 3 heterocycles. The molecule has 1 aliphatic heterocycles. The maximum atomic E-state index is 15.6. The second-order valence-corrected chi connectivity index (χ2v) is 20.4. The standard InChI is InChI=1S/C60H63N3O9/c64-26-21-48-53(67)16-13-37-28-49(57(69)54(29-37)72-45-10-4-5-11-45)56(68)40-15-14-39(32-44(65)27-36-7-2-1-3-8-36)42(30-40)31-41-19-24-62-59(41)63-35-43-33-51-47(20-25-61-51)50(55(43)58(48)70)34-60(71)22-17-38-9-6-12-52(66)46(38)18-23-60/h1-3,6-9,12,14-15,18-20,23-25,28-30,33,44-45,48,50,55-56,62,64-66,68-69,71H,4-5,10-11,13,16-17,21-22,26-27,31-32,34-35H2/q-2/t44-,48-,50-,55-,56+,60-/m1/s1. The average molecular weight is 970 g/mol. The van der Waals surface area contributed by atoms with E-state index >= 15 is 4.79 Å². The Labute approximate surface area is 420 Å². The molecule has 3 aliphatic carbocycles. The maximum Gasteiger partial charge on any atom is 0.163 e. The minimum absolute atomic E-state index is 0.0522. The summed E-state index contributed by atoms with van der Waals surface area (Å²) in [6.07, 6.45) is 12.4. The number of nitrogens with one attached hydrogen (secondary N) is 1. The summed E-state index contributed by atoms with van der Waals surface area (Å²) in [6, 6.07) is 28.1. The molecule has 7 N–H and O–H groups in total. The lowest BCUT2D eigenvalue weighted by Gasteiger charge is -2.40. The number of aromatic nitrogens is 2. The van der Waals surface area contributed by atoms with Gasteiger partial charge in [0.2, 0.25) is 0 Å². The number of benzene rings is 4. The van der Waals surface area contributed by atoms with Gasteiger partial charge < -0.3 is 50.7 Å². The summed E-state index contributed by atoms with van der Waals surface area (Å²) in [5.41, 5.74) is 7.10. The first kappa shape index (κ1) is 48.9. The lowest BCUT2D eigenvalue weighted by molar-refractivity contribution is -0.135. The Balaban J connectivity index is 1.06. The number of phenols is 2. The predicted molar refractivity (Wildman–Crippen MR) is 275 cm³/mol. The minimum Gasteiger partial charge on any atom is -0.664 e. The number of nitrogens with zero attached hydrogens (tertiary/aromatic N) is 2. The van der Waals surface area contributed by atoms with E-state index in [2.05, 4.69) is 4.98 Å². The number of phenolic OH excluding ortho intramolecular Hbond substituents is 2. The van der Waals surface area contributed by atoms with Crippen molar-refractivity contribution < 1.29 is 45.0 Å². The van der Waals surface area contributed by atoms with Gasteiger partial charge in [0.25, 0.3) is 0 Å². The van der Waals surface area contributed by atoms with Crippen LogP contribution in [0.1, 0.15) is 125 Å². The number of fused-ring (bicyclic) bond motifs is 8. The number of hydrogen-bond acceptors (Lipinski definition) is 9. The Morgan fingerprint density at radius 3 is 2.51 bits per heavy atom. The summed E-state index contributed by atoms with van der Waals surface area (Å²) >= 11 is 0. The summed E-state index contributed by atoms with van der Waals surface area (Å²) < 4.78 is 6.43. The van der Waals surface area contributed by atoms with Crippen LogP contribution in [0.5, 0.6) is 17.2 Å². The van der Waals surface area contributed by atoms with E-state index in [1.54, 1.807) is 48.8 Å². The normalized spacial score (nSPS) is 23.0. The van der Waals surface area contributed by atoms with Crippen LogP contribution in [0.25, 0.3) is 17.5 Å². The molecule has 12 nitrogen and oxygen atoms in total. The first-order valence-electron chi connectivity index (χ1n) is 25.5. The van der Waals surface area contributed by atoms with Gasteiger partial charge in [0.15, 0.2) is 17.3 Å². The Kier molecular flexibility index (Phi) is 14.4. The topological polar surface area (TPSA) is 209 Å². The molecular weight excluding hydrogens is 907 g/mol. The van der Waals surface area contributed by atoms with Crippen molar-refractivity contribution in [2.75, 3.05) is 13.2 Å². The number of H-pyrrole nitrogens is 1. The molecule has 0 saturated heterocycles. The third kappa shape index (κ3) is 10.5. The van der Waals surface area contributed by atoms with E-state index in [1.807, 2.05) is 72.8 Å². The first-order valence-corrected chi connectivity index (χ1v) is 25.5. The number of aliphatic hydroxyl groups is 4. The van der Waals surface area contributed by atoms with Gasteiger partial charge in [-0.1, -0.05) is 114 Å². The number of hydrogen-bond donors (Lipinski definition) is 7. The van der Waals surface area contributed by atoms with Gasteiger partial charge in [0.1, 0.15) is 17.6 Å². The Morgan fingerprint density at radius 2 is 1.69 bits per heavy atom. The van der Waals surface area contributed by atoms with E-state index in [1.165, 1.54) is 0 Å². The summed E-state index contributed by atoms with van der Waals surface area (Å²) in [7, 11) is 0. The molecule has 374 valence electrons. The molecule has 6 atom stereocenters. The van der Waals surface area contributed by atoms with Crippen molar-refractivity contribution in [1.82, 2.24) is 9.97 Å². The van der Waals surface area contributed by atoms with Crippen LogP contribution >= 0.6 is 0 Å². The van der Waals surface area contributed by atoms with E-state index in [9.17, 15) is 35.4 Å². The Hall–Kier alpha value is -6.70. The van der Waals surface area contributed by atoms with Crippen LogP contribution in [-0.4, -0.2) is 78.2 Å². The highest BCUT2D eigenvalue weighted by Crippen LogP contribution is 2.48. The molecule has 12 heteroatoms. The monoisotopic (exact) mass is 969 g/mol. The number of carbonyl (C=O) groups is 2. The van der Waals surface area contributed by atoms with Gasteiger partial charge in [-0.15, -0.1) is 5.69 Å². The third-order valence-electron chi connectivity index (χ3n) is 15.5. The quantitative estimate of drug-likeness (QED) is 0.0648. The van der Waals surface area contributed by atoms with Gasteiger partial charge in [-0.2, -0.15) is 6.20 Å². The number of aromatic amines is 1. The number of rotatable bonds is 10. The van der Waals surface area contributed by atoms with Crippen molar-refractivity contribution in [2.45, 2.75) is 113 Å².